The number of hydrogen-bond acceptors (Lipinski definition) is 4. The summed E-state index contributed by atoms with van der Waals surface area (Å²) in [5.41, 5.74) is 2.40. The van der Waals surface area contributed by atoms with Crippen LogP contribution in [0.1, 0.15) is 37.6 Å². The van der Waals surface area contributed by atoms with Crippen LogP contribution in [0.25, 0.3) is 10.2 Å². The topological polar surface area (TPSA) is 37.8 Å². The predicted octanol–water partition coefficient (Wildman–Crippen LogP) is 6.89. The molecule has 26 heavy (non-hydrogen) atoms. The van der Waals surface area contributed by atoms with E-state index in [0.29, 0.717) is 27.1 Å². The summed E-state index contributed by atoms with van der Waals surface area (Å²) in [6.07, 6.45) is 4.99. The van der Waals surface area contributed by atoms with E-state index in [1.165, 1.54) is 16.9 Å². The minimum atomic E-state index is 0.325. The SMILES string of the molecule is CC(C)(C)C1CCc2c(sc3ncnc(Nc4c(Cl)cccc4Cl)c23)C1. The van der Waals surface area contributed by atoms with E-state index < -0.39 is 0 Å². The molecule has 1 aromatic carbocycles. The Morgan fingerprint density at radius 1 is 1.15 bits per heavy atom. The van der Waals surface area contributed by atoms with E-state index in [4.69, 9.17) is 23.2 Å². The van der Waals surface area contributed by atoms with Gasteiger partial charge in [-0.15, -0.1) is 11.3 Å². The number of para-hydroxylation sites is 1. The quantitative estimate of drug-likeness (QED) is 0.503. The number of anilines is 2. The molecule has 2 heterocycles. The normalized spacial score (nSPS) is 17.3. The summed E-state index contributed by atoms with van der Waals surface area (Å²) in [7, 11) is 0. The number of rotatable bonds is 2. The van der Waals surface area contributed by atoms with Crippen molar-refractivity contribution in [2.24, 2.45) is 11.3 Å². The summed E-state index contributed by atoms with van der Waals surface area (Å²) in [5.74, 6) is 1.49. The lowest BCUT2D eigenvalue weighted by Gasteiger charge is -2.33. The average Bonchev–Trinajstić information content (AvgIpc) is 2.96. The molecule has 3 nitrogen and oxygen atoms in total. The van der Waals surface area contributed by atoms with Crippen molar-refractivity contribution in [3.8, 4) is 0 Å². The fraction of sp³-hybridized carbons (Fsp3) is 0.400. The number of aryl methyl sites for hydroxylation is 1. The molecule has 0 bridgehead atoms. The molecule has 0 saturated heterocycles. The lowest BCUT2D eigenvalue weighted by molar-refractivity contribution is 0.218. The van der Waals surface area contributed by atoms with Crippen molar-refractivity contribution in [1.29, 1.82) is 0 Å². The molecule has 0 saturated carbocycles. The molecule has 0 radical (unpaired) electrons. The van der Waals surface area contributed by atoms with Crippen LogP contribution in [0, 0.1) is 11.3 Å². The van der Waals surface area contributed by atoms with E-state index in [1.807, 2.05) is 18.2 Å². The molecule has 2 aromatic heterocycles. The van der Waals surface area contributed by atoms with Crippen molar-refractivity contribution in [1.82, 2.24) is 9.97 Å². The maximum atomic E-state index is 6.33. The monoisotopic (exact) mass is 405 g/mol. The first-order valence-electron chi connectivity index (χ1n) is 8.81. The van der Waals surface area contributed by atoms with Crippen LogP contribution in [-0.4, -0.2) is 9.97 Å². The first kappa shape index (κ1) is 18.0. The summed E-state index contributed by atoms with van der Waals surface area (Å²) in [5, 5.41) is 5.64. The molecule has 0 amide bonds. The Hall–Kier alpha value is -1.36. The summed E-state index contributed by atoms with van der Waals surface area (Å²) < 4.78 is 0. The van der Waals surface area contributed by atoms with Gasteiger partial charge in [-0.05, 0) is 48.3 Å². The van der Waals surface area contributed by atoms with Gasteiger partial charge in [-0.3, -0.25) is 0 Å². The predicted molar refractivity (Wildman–Crippen MR) is 112 cm³/mol. The third-order valence-electron chi connectivity index (χ3n) is 5.28. The largest absolute Gasteiger partial charge is 0.337 e. The van der Waals surface area contributed by atoms with E-state index in [-0.39, 0.29) is 0 Å². The standard InChI is InChI=1S/C20H21Cl2N3S/c1-20(2,3)11-7-8-12-15(9-11)26-19-16(12)18(23-10-24-19)25-17-13(21)5-4-6-14(17)22/h4-6,10-11H,7-9H2,1-3H3,(H,23,24,25). The minimum Gasteiger partial charge on any atom is -0.337 e. The van der Waals surface area contributed by atoms with Gasteiger partial charge >= 0.3 is 0 Å². The van der Waals surface area contributed by atoms with Gasteiger partial charge in [-0.25, -0.2) is 9.97 Å². The third-order valence-corrected chi connectivity index (χ3v) is 7.07. The first-order chi connectivity index (χ1) is 12.3. The second kappa shape index (κ2) is 6.66. The molecule has 0 fully saturated rings. The number of nitrogens with one attached hydrogen (secondary N) is 1. The molecular formula is C20H21Cl2N3S. The van der Waals surface area contributed by atoms with Crippen LogP contribution in [0.15, 0.2) is 24.5 Å². The maximum Gasteiger partial charge on any atom is 0.142 e. The molecule has 1 aliphatic carbocycles. The lowest BCUT2D eigenvalue weighted by Crippen LogP contribution is -2.26. The fourth-order valence-corrected chi connectivity index (χ4v) is 5.44. The zero-order valence-corrected chi connectivity index (χ0v) is 17.4. The molecule has 1 atom stereocenters. The number of hydrogen-bond donors (Lipinski definition) is 1. The van der Waals surface area contributed by atoms with Crippen LogP contribution in [0.2, 0.25) is 10.0 Å². The molecule has 1 N–H and O–H groups in total. The fourth-order valence-electron chi connectivity index (χ4n) is 3.68. The van der Waals surface area contributed by atoms with Gasteiger partial charge in [0.25, 0.3) is 0 Å². The molecule has 1 aliphatic rings. The molecule has 136 valence electrons. The Kier molecular flexibility index (Phi) is 4.62. The number of halogens is 2. The molecule has 3 aromatic rings. The van der Waals surface area contributed by atoms with E-state index in [1.54, 1.807) is 17.7 Å². The summed E-state index contributed by atoms with van der Waals surface area (Å²) in [6.45, 7) is 7.01. The molecular weight excluding hydrogens is 385 g/mol. The van der Waals surface area contributed by atoms with Crippen LogP contribution in [-0.2, 0) is 12.8 Å². The Labute approximate surface area is 167 Å². The van der Waals surface area contributed by atoms with Gasteiger partial charge in [0.15, 0.2) is 0 Å². The minimum absolute atomic E-state index is 0.325. The van der Waals surface area contributed by atoms with Crippen molar-refractivity contribution < 1.29 is 0 Å². The lowest BCUT2D eigenvalue weighted by atomic mass is 9.72. The zero-order chi connectivity index (χ0) is 18.5. The number of fused-ring (bicyclic) bond motifs is 3. The van der Waals surface area contributed by atoms with Gasteiger partial charge < -0.3 is 5.32 Å². The van der Waals surface area contributed by atoms with Crippen molar-refractivity contribution in [2.45, 2.75) is 40.0 Å². The first-order valence-corrected chi connectivity index (χ1v) is 10.4. The van der Waals surface area contributed by atoms with Crippen LogP contribution in [0.4, 0.5) is 11.5 Å². The van der Waals surface area contributed by atoms with E-state index in [9.17, 15) is 0 Å². The average molecular weight is 406 g/mol. The number of aromatic nitrogens is 2. The zero-order valence-electron chi connectivity index (χ0n) is 15.1. The Bertz CT molecular complexity index is 955. The Balaban J connectivity index is 1.78. The summed E-state index contributed by atoms with van der Waals surface area (Å²) in [4.78, 5) is 11.5. The highest BCUT2D eigenvalue weighted by Gasteiger charge is 2.31. The van der Waals surface area contributed by atoms with E-state index in [0.717, 1.165) is 28.9 Å². The molecule has 0 aliphatic heterocycles. The molecule has 1 unspecified atom stereocenters. The van der Waals surface area contributed by atoms with Gasteiger partial charge in [-0.2, -0.15) is 0 Å². The van der Waals surface area contributed by atoms with Crippen LogP contribution >= 0.6 is 34.5 Å². The molecule has 0 spiro atoms. The number of nitrogens with zero attached hydrogens (tertiary/aromatic N) is 2. The maximum absolute atomic E-state index is 6.33. The van der Waals surface area contributed by atoms with Gasteiger partial charge in [0.2, 0.25) is 0 Å². The van der Waals surface area contributed by atoms with Crippen LogP contribution in [0.3, 0.4) is 0 Å². The number of thiophene rings is 1. The van der Waals surface area contributed by atoms with Crippen LogP contribution in [0.5, 0.6) is 0 Å². The Morgan fingerprint density at radius 3 is 2.58 bits per heavy atom. The second-order valence-electron chi connectivity index (χ2n) is 7.93. The van der Waals surface area contributed by atoms with Crippen molar-refractivity contribution >= 4 is 56.3 Å². The third kappa shape index (κ3) is 3.19. The van der Waals surface area contributed by atoms with E-state index >= 15 is 0 Å². The van der Waals surface area contributed by atoms with Gasteiger partial charge in [0.1, 0.15) is 17.0 Å². The highest BCUT2D eigenvalue weighted by Crippen LogP contribution is 2.45. The van der Waals surface area contributed by atoms with E-state index in [2.05, 4.69) is 36.1 Å². The van der Waals surface area contributed by atoms with Gasteiger partial charge in [0, 0.05) is 4.88 Å². The van der Waals surface area contributed by atoms with Crippen LogP contribution < -0.4 is 5.32 Å². The van der Waals surface area contributed by atoms with Crippen molar-refractivity contribution in [2.75, 3.05) is 5.32 Å². The summed E-state index contributed by atoms with van der Waals surface area (Å²) in [6, 6.07) is 5.49. The molecule has 6 heteroatoms. The van der Waals surface area contributed by atoms with Crippen molar-refractivity contribution in [3.63, 3.8) is 0 Å². The summed E-state index contributed by atoms with van der Waals surface area (Å²) >= 11 is 14.5. The smallest absolute Gasteiger partial charge is 0.142 e. The second-order valence-corrected chi connectivity index (χ2v) is 9.83. The highest BCUT2D eigenvalue weighted by molar-refractivity contribution is 7.19. The molecule has 4 rings (SSSR count). The Morgan fingerprint density at radius 2 is 1.88 bits per heavy atom. The van der Waals surface area contributed by atoms with Crippen molar-refractivity contribution in [3.05, 3.63) is 45.0 Å². The van der Waals surface area contributed by atoms with Gasteiger partial charge in [-0.1, -0.05) is 50.0 Å². The highest BCUT2D eigenvalue weighted by atomic mass is 35.5. The van der Waals surface area contributed by atoms with Gasteiger partial charge in [0.05, 0.1) is 21.1 Å². The number of benzene rings is 1.